The fourth-order valence-electron chi connectivity index (χ4n) is 1.93. The standard InChI is InChI=1S/C15H22BrNO/c1-12-9-15(6-5-14(12)10-16)17(2)7-8-18-11-13-3-4-13/h5-6,9,13H,3-4,7-8,10-11H2,1-2H3. The lowest BCUT2D eigenvalue weighted by Gasteiger charge is -2.20. The van der Waals surface area contributed by atoms with E-state index in [1.807, 2.05) is 0 Å². The number of benzene rings is 1. The average Bonchev–Trinajstić information content (AvgIpc) is 3.18. The summed E-state index contributed by atoms with van der Waals surface area (Å²) < 4.78 is 5.68. The number of hydrogen-bond donors (Lipinski definition) is 0. The van der Waals surface area contributed by atoms with Crippen LogP contribution in [0, 0.1) is 12.8 Å². The number of ether oxygens (including phenoxy) is 1. The molecule has 0 aromatic heterocycles. The summed E-state index contributed by atoms with van der Waals surface area (Å²) in [5, 5.41) is 0.924. The monoisotopic (exact) mass is 311 g/mol. The zero-order chi connectivity index (χ0) is 13.0. The minimum Gasteiger partial charge on any atom is -0.379 e. The molecule has 1 fully saturated rings. The second-order valence-corrected chi connectivity index (χ2v) is 5.74. The highest BCUT2D eigenvalue weighted by molar-refractivity contribution is 9.08. The Morgan fingerprint density at radius 3 is 2.78 bits per heavy atom. The van der Waals surface area contributed by atoms with Crippen molar-refractivity contribution in [2.45, 2.75) is 25.1 Å². The van der Waals surface area contributed by atoms with E-state index in [1.165, 1.54) is 29.7 Å². The minimum absolute atomic E-state index is 0.826. The number of halogens is 1. The molecule has 1 aromatic rings. The van der Waals surface area contributed by atoms with Crippen LogP contribution in [-0.4, -0.2) is 26.8 Å². The Kier molecular flexibility index (Phi) is 5.07. The van der Waals surface area contributed by atoms with Gasteiger partial charge in [-0.25, -0.2) is 0 Å². The first-order valence-corrected chi connectivity index (χ1v) is 7.77. The summed E-state index contributed by atoms with van der Waals surface area (Å²) >= 11 is 3.51. The fourth-order valence-corrected chi connectivity index (χ4v) is 2.56. The normalized spacial score (nSPS) is 14.8. The van der Waals surface area contributed by atoms with Crippen molar-refractivity contribution in [1.29, 1.82) is 0 Å². The van der Waals surface area contributed by atoms with Crippen molar-refractivity contribution in [3.63, 3.8) is 0 Å². The third-order valence-electron chi connectivity index (χ3n) is 3.53. The molecule has 18 heavy (non-hydrogen) atoms. The van der Waals surface area contributed by atoms with Gasteiger partial charge in [0.1, 0.15) is 0 Å². The molecule has 1 aliphatic carbocycles. The molecule has 0 unspecified atom stereocenters. The van der Waals surface area contributed by atoms with Gasteiger partial charge in [0.25, 0.3) is 0 Å². The number of nitrogens with zero attached hydrogens (tertiary/aromatic N) is 1. The van der Waals surface area contributed by atoms with Crippen molar-refractivity contribution >= 4 is 21.6 Å². The smallest absolute Gasteiger partial charge is 0.0641 e. The van der Waals surface area contributed by atoms with E-state index in [2.05, 4.69) is 53.0 Å². The first-order valence-electron chi connectivity index (χ1n) is 6.65. The van der Waals surface area contributed by atoms with E-state index in [9.17, 15) is 0 Å². The highest BCUT2D eigenvalue weighted by Crippen LogP contribution is 2.28. The van der Waals surface area contributed by atoms with E-state index in [0.717, 1.165) is 31.0 Å². The van der Waals surface area contributed by atoms with Gasteiger partial charge < -0.3 is 9.64 Å². The summed E-state index contributed by atoms with van der Waals surface area (Å²) in [5.41, 5.74) is 3.97. The van der Waals surface area contributed by atoms with Crippen LogP contribution < -0.4 is 4.90 Å². The topological polar surface area (TPSA) is 12.5 Å². The van der Waals surface area contributed by atoms with Crippen molar-refractivity contribution in [2.75, 3.05) is 31.7 Å². The maximum atomic E-state index is 5.68. The zero-order valence-corrected chi connectivity index (χ0v) is 12.9. The van der Waals surface area contributed by atoms with E-state index in [4.69, 9.17) is 4.74 Å². The van der Waals surface area contributed by atoms with Gasteiger partial charge in [0.15, 0.2) is 0 Å². The highest BCUT2D eigenvalue weighted by Gasteiger charge is 2.20. The van der Waals surface area contributed by atoms with Crippen LogP contribution >= 0.6 is 15.9 Å². The molecule has 0 aliphatic heterocycles. The van der Waals surface area contributed by atoms with Crippen LogP contribution in [0.4, 0.5) is 5.69 Å². The van der Waals surface area contributed by atoms with Gasteiger partial charge in [0.05, 0.1) is 6.61 Å². The van der Waals surface area contributed by atoms with E-state index < -0.39 is 0 Å². The Balaban J connectivity index is 1.79. The van der Waals surface area contributed by atoms with Crippen LogP contribution in [0.15, 0.2) is 18.2 Å². The van der Waals surface area contributed by atoms with Crippen LogP contribution in [0.2, 0.25) is 0 Å². The molecule has 1 aromatic carbocycles. The van der Waals surface area contributed by atoms with Gasteiger partial charge in [-0.1, -0.05) is 22.0 Å². The lowest BCUT2D eigenvalue weighted by atomic mass is 10.1. The van der Waals surface area contributed by atoms with Crippen molar-refractivity contribution in [2.24, 2.45) is 5.92 Å². The van der Waals surface area contributed by atoms with Gasteiger partial charge in [0.2, 0.25) is 0 Å². The molecule has 2 nitrogen and oxygen atoms in total. The number of aryl methyl sites for hydroxylation is 1. The maximum Gasteiger partial charge on any atom is 0.0641 e. The molecule has 0 N–H and O–H groups in total. The molecule has 0 amide bonds. The summed E-state index contributed by atoms with van der Waals surface area (Å²) in [6.45, 7) is 4.90. The Morgan fingerprint density at radius 1 is 1.39 bits per heavy atom. The summed E-state index contributed by atoms with van der Waals surface area (Å²) in [5.74, 6) is 0.857. The van der Waals surface area contributed by atoms with Gasteiger partial charge in [-0.2, -0.15) is 0 Å². The van der Waals surface area contributed by atoms with Gasteiger partial charge in [-0.3, -0.25) is 0 Å². The molecule has 0 spiro atoms. The molecule has 3 heteroatoms. The second-order valence-electron chi connectivity index (χ2n) is 5.18. The largest absolute Gasteiger partial charge is 0.379 e. The molecule has 0 radical (unpaired) electrons. The van der Waals surface area contributed by atoms with E-state index >= 15 is 0 Å². The summed E-state index contributed by atoms with van der Waals surface area (Å²) in [4.78, 5) is 2.26. The number of rotatable bonds is 7. The van der Waals surface area contributed by atoms with E-state index in [1.54, 1.807) is 0 Å². The van der Waals surface area contributed by atoms with Gasteiger partial charge in [-0.05, 0) is 48.9 Å². The molecule has 1 saturated carbocycles. The first kappa shape index (κ1) is 13.9. The Hall–Kier alpha value is -0.540. The highest BCUT2D eigenvalue weighted by atomic mass is 79.9. The molecule has 100 valence electrons. The zero-order valence-electron chi connectivity index (χ0n) is 11.3. The van der Waals surface area contributed by atoms with Crippen molar-refractivity contribution in [3.05, 3.63) is 29.3 Å². The quantitative estimate of drug-likeness (QED) is 0.561. The van der Waals surface area contributed by atoms with Crippen molar-refractivity contribution in [3.8, 4) is 0 Å². The predicted molar refractivity (Wildman–Crippen MR) is 80.6 cm³/mol. The number of anilines is 1. The summed E-state index contributed by atoms with van der Waals surface area (Å²) in [7, 11) is 2.13. The van der Waals surface area contributed by atoms with E-state index in [0.29, 0.717) is 0 Å². The number of alkyl halides is 1. The van der Waals surface area contributed by atoms with Crippen LogP contribution in [0.3, 0.4) is 0 Å². The van der Waals surface area contributed by atoms with Crippen molar-refractivity contribution < 1.29 is 4.74 Å². The lowest BCUT2D eigenvalue weighted by molar-refractivity contribution is 0.131. The minimum atomic E-state index is 0.826. The molecule has 0 atom stereocenters. The van der Waals surface area contributed by atoms with Gasteiger partial charge in [-0.15, -0.1) is 0 Å². The van der Waals surface area contributed by atoms with Gasteiger partial charge in [0, 0.05) is 31.2 Å². The predicted octanol–water partition coefficient (Wildman–Crippen LogP) is 3.75. The number of hydrogen-bond acceptors (Lipinski definition) is 2. The molecule has 0 saturated heterocycles. The third kappa shape index (κ3) is 3.99. The SMILES string of the molecule is Cc1cc(N(C)CCOCC2CC2)ccc1CBr. The maximum absolute atomic E-state index is 5.68. The fraction of sp³-hybridized carbons (Fsp3) is 0.600. The first-order chi connectivity index (χ1) is 8.70. The summed E-state index contributed by atoms with van der Waals surface area (Å²) in [6.07, 6.45) is 2.73. The Labute approximate surface area is 118 Å². The molecular formula is C15H22BrNO. The van der Waals surface area contributed by atoms with Crippen LogP contribution in [-0.2, 0) is 10.1 Å². The molecule has 0 bridgehead atoms. The van der Waals surface area contributed by atoms with Crippen LogP contribution in [0.25, 0.3) is 0 Å². The van der Waals surface area contributed by atoms with Crippen molar-refractivity contribution in [1.82, 2.24) is 0 Å². The lowest BCUT2D eigenvalue weighted by Crippen LogP contribution is -2.23. The van der Waals surface area contributed by atoms with E-state index in [-0.39, 0.29) is 0 Å². The molecule has 2 rings (SSSR count). The Morgan fingerprint density at radius 2 is 2.17 bits per heavy atom. The molecule has 1 aliphatic rings. The summed E-state index contributed by atoms with van der Waals surface area (Å²) in [6, 6.07) is 6.63. The third-order valence-corrected chi connectivity index (χ3v) is 4.14. The van der Waals surface area contributed by atoms with Crippen LogP contribution in [0.1, 0.15) is 24.0 Å². The second kappa shape index (κ2) is 6.58. The molecular weight excluding hydrogens is 290 g/mol. The van der Waals surface area contributed by atoms with Gasteiger partial charge >= 0.3 is 0 Å². The average molecular weight is 312 g/mol. The molecule has 0 heterocycles. The Bertz CT molecular complexity index is 390. The number of likely N-dealkylation sites (N-methyl/N-ethyl adjacent to an activating group) is 1. The van der Waals surface area contributed by atoms with Crippen LogP contribution in [0.5, 0.6) is 0 Å².